The van der Waals surface area contributed by atoms with Gasteiger partial charge in [0.25, 0.3) is 5.91 Å². The molecule has 1 heterocycles. The van der Waals surface area contributed by atoms with Crippen molar-refractivity contribution in [1.29, 1.82) is 0 Å². The van der Waals surface area contributed by atoms with Gasteiger partial charge in [-0.05, 0) is 31.8 Å². The van der Waals surface area contributed by atoms with E-state index in [4.69, 9.17) is 0 Å². The number of H-pyrrole nitrogens is 1. The van der Waals surface area contributed by atoms with Gasteiger partial charge in [-0.1, -0.05) is 19.1 Å². The SMILES string of the molecule is CCc1nc(C(=O)Nc2ccc(CN(C)C)cc2)n[nH]1. The van der Waals surface area contributed by atoms with Gasteiger partial charge in [0.2, 0.25) is 5.82 Å². The van der Waals surface area contributed by atoms with E-state index < -0.39 is 0 Å². The highest BCUT2D eigenvalue weighted by molar-refractivity contribution is 6.01. The molecule has 2 rings (SSSR count). The number of anilines is 1. The van der Waals surface area contributed by atoms with E-state index in [1.165, 1.54) is 5.56 Å². The van der Waals surface area contributed by atoms with Crippen molar-refractivity contribution in [3.8, 4) is 0 Å². The molecule has 0 saturated heterocycles. The van der Waals surface area contributed by atoms with Gasteiger partial charge in [-0.15, -0.1) is 5.10 Å². The van der Waals surface area contributed by atoms with Gasteiger partial charge in [0.15, 0.2) is 0 Å². The maximum Gasteiger partial charge on any atom is 0.295 e. The highest BCUT2D eigenvalue weighted by Gasteiger charge is 2.11. The summed E-state index contributed by atoms with van der Waals surface area (Å²) in [5, 5.41) is 9.39. The zero-order valence-corrected chi connectivity index (χ0v) is 12.0. The Morgan fingerprint density at radius 2 is 2.00 bits per heavy atom. The summed E-state index contributed by atoms with van der Waals surface area (Å²) in [5.41, 5.74) is 1.93. The molecule has 1 aromatic heterocycles. The zero-order chi connectivity index (χ0) is 14.5. The number of hydrogen-bond donors (Lipinski definition) is 2. The Labute approximate surface area is 118 Å². The number of aromatic nitrogens is 3. The molecule has 0 fully saturated rings. The minimum atomic E-state index is -0.304. The largest absolute Gasteiger partial charge is 0.319 e. The van der Waals surface area contributed by atoms with Crippen LogP contribution in [0, 0.1) is 0 Å². The molecule has 1 aromatic carbocycles. The number of aryl methyl sites for hydroxylation is 1. The molecule has 0 aliphatic carbocycles. The van der Waals surface area contributed by atoms with Gasteiger partial charge in [0.05, 0.1) is 0 Å². The van der Waals surface area contributed by atoms with E-state index in [9.17, 15) is 4.79 Å². The fourth-order valence-electron chi connectivity index (χ4n) is 1.80. The highest BCUT2D eigenvalue weighted by atomic mass is 16.2. The maximum atomic E-state index is 11.9. The van der Waals surface area contributed by atoms with Crippen molar-refractivity contribution < 1.29 is 4.79 Å². The first-order chi connectivity index (χ1) is 9.58. The molecule has 20 heavy (non-hydrogen) atoms. The summed E-state index contributed by atoms with van der Waals surface area (Å²) < 4.78 is 0. The van der Waals surface area contributed by atoms with Crippen molar-refractivity contribution in [2.24, 2.45) is 0 Å². The van der Waals surface area contributed by atoms with Crippen LogP contribution in [0.2, 0.25) is 0 Å². The molecular formula is C14H19N5O. The van der Waals surface area contributed by atoms with E-state index in [2.05, 4.69) is 25.4 Å². The molecule has 2 aromatic rings. The van der Waals surface area contributed by atoms with Crippen molar-refractivity contribution in [3.63, 3.8) is 0 Å². The van der Waals surface area contributed by atoms with Crippen LogP contribution in [-0.4, -0.2) is 40.1 Å². The topological polar surface area (TPSA) is 73.9 Å². The van der Waals surface area contributed by atoms with Gasteiger partial charge in [-0.3, -0.25) is 9.89 Å². The minimum absolute atomic E-state index is 0.166. The van der Waals surface area contributed by atoms with Crippen LogP contribution in [0.1, 0.15) is 28.9 Å². The van der Waals surface area contributed by atoms with Gasteiger partial charge in [0.1, 0.15) is 5.82 Å². The van der Waals surface area contributed by atoms with Crippen molar-refractivity contribution in [2.75, 3.05) is 19.4 Å². The van der Waals surface area contributed by atoms with E-state index in [0.717, 1.165) is 18.7 Å². The Hall–Kier alpha value is -2.21. The molecule has 0 spiro atoms. The van der Waals surface area contributed by atoms with Crippen LogP contribution < -0.4 is 5.32 Å². The average Bonchev–Trinajstić information content (AvgIpc) is 2.89. The Morgan fingerprint density at radius 1 is 1.30 bits per heavy atom. The minimum Gasteiger partial charge on any atom is -0.319 e. The summed E-state index contributed by atoms with van der Waals surface area (Å²) in [4.78, 5) is 18.1. The number of aromatic amines is 1. The standard InChI is InChI=1S/C14H19N5O/c1-4-12-16-13(18-17-12)14(20)15-11-7-5-10(6-8-11)9-19(2)3/h5-8H,4,9H2,1-3H3,(H,15,20)(H,16,17,18). The van der Waals surface area contributed by atoms with Crippen LogP contribution in [0.5, 0.6) is 0 Å². The maximum absolute atomic E-state index is 11.9. The monoisotopic (exact) mass is 273 g/mol. The second-order valence-corrected chi connectivity index (χ2v) is 4.85. The van der Waals surface area contributed by atoms with Gasteiger partial charge in [0, 0.05) is 18.7 Å². The predicted octanol–water partition coefficient (Wildman–Crippen LogP) is 1.68. The number of nitrogens with one attached hydrogen (secondary N) is 2. The van der Waals surface area contributed by atoms with Gasteiger partial charge in [-0.2, -0.15) is 0 Å². The Morgan fingerprint density at radius 3 is 2.55 bits per heavy atom. The van der Waals surface area contributed by atoms with Crippen molar-refractivity contribution in [1.82, 2.24) is 20.1 Å². The molecule has 0 unspecified atom stereocenters. The number of hydrogen-bond acceptors (Lipinski definition) is 4. The Kier molecular flexibility index (Phi) is 4.47. The lowest BCUT2D eigenvalue weighted by Crippen LogP contribution is -2.14. The third kappa shape index (κ3) is 3.64. The fourth-order valence-corrected chi connectivity index (χ4v) is 1.80. The second-order valence-electron chi connectivity index (χ2n) is 4.85. The van der Waals surface area contributed by atoms with Crippen LogP contribution in [0.4, 0.5) is 5.69 Å². The number of rotatable bonds is 5. The fraction of sp³-hybridized carbons (Fsp3) is 0.357. The Bertz CT molecular complexity index is 574. The Balaban J connectivity index is 2.00. The third-order valence-corrected chi connectivity index (χ3v) is 2.78. The van der Waals surface area contributed by atoms with Gasteiger partial charge < -0.3 is 10.2 Å². The molecule has 0 aliphatic heterocycles. The van der Waals surface area contributed by atoms with Crippen LogP contribution in [0.25, 0.3) is 0 Å². The van der Waals surface area contributed by atoms with Crippen LogP contribution in [0.3, 0.4) is 0 Å². The molecule has 2 N–H and O–H groups in total. The predicted molar refractivity (Wildman–Crippen MR) is 77.5 cm³/mol. The van der Waals surface area contributed by atoms with Crippen molar-refractivity contribution >= 4 is 11.6 Å². The first kappa shape index (κ1) is 14.2. The summed E-state index contributed by atoms with van der Waals surface area (Å²) in [6, 6.07) is 7.74. The summed E-state index contributed by atoms with van der Waals surface area (Å²) in [5.74, 6) is 0.567. The van der Waals surface area contributed by atoms with Crippen LogP contribution in [-0.2, 0) is 13.0 Å². The van der Waals surface area contributed by atoms with Gasteiger partial charge >= 0.3 is 0 Å². The lowest BCUT2D eigenvalue weighted by molar-refractivity contribution is 0.101. The van der Waals surface area contributed by atoms with Crippen LogP contribution >= 0.6 is 0 Å². The first-order valence-corrected chi connectivity index (χ1v) is 6.54. The van der Waals surface area contributed by atoms with Crippen LogP contribution in [0.15, 0.2) is 24.3 Å². The molecule has 106 valence electrons. The van der Waals surface area contributed by atoms with E-state index in [0.29, 0.717) is 5.82 Å². The summed E-state index contributed by atoms with van der Waals surface area (Å²) in [6.07, 6.45) is 0.722. The third-order valence-electron chi connectivity index (χ3n) is 2.78. The highest BCUT2D eigenvalue weighted by Crippen LogP contribution is 2.11. The molecule has 0 saturated carbocycles. The first-order valence-electron chi connectivity index (χ1n) is 6.54. The van der Waals surface area contributed by atoms with Gasteiger partial charge in [-0.25, -0.2) is 4.98 Å². The number of carbonyl (C=O) groups is 1. The molecule has 0 aliphatic rings. The number of amides is 1. The van der Waals surface area contributed by atoms with E-state index >= 15 is 0 Å². The normalized spacial score (nSPS) is 10.8. The zero-order valence-electron chi connectivity index (χ0n) is 12.0. The summed E-state index contributed by atoms with van der Waals surface area (Å²) >= 11 is 0. The molecule has 1 amide bonds. The molecular weight excluding hydrogens is 254 g/mol. The average molecular weight is 273 g/mol. The van der Waals surface area contributed by atoms with E-state index in [-0.39, 0.29) is 11.7 Å². The second kappa shape index (κ2) is 6.29. The van der Waals surface area contributed by atoms with E-state index in [1.807, 2.05) is 45.3 Å². The number of nitrogens with zero attached hydrogens (tertiary/aromatic N) is 3. The smallest absolute Gasteiger partial charge is 0.295 e. The molecule has 0 bridgehead atoms. The molecule has 0 radical (unpaired) electrons. The lowest BCUT2D eigenvalue weighted by Gasteiger charge is -2.10. The number of carbonyl (C=O) groups excluding carboxylic acids is 1. The summed E-state index contributed by atoms with van der Waals surface area (Å²) in [6.45, 7) is 2.82. The van der Waals surface area contributed by atoms with E-state index in [1.54, 1.807) is 0 Å². The lowest BCUT2D eigenvalue weighted by atomic mass is 10.2. The van der Waals surface area contributed by atoms with Crippen molar-refractivity contribution in [3.05, 3.63) is 41.5 Å². The van der Waals surface area contributed by atoms with Crippen molar-refractivity contribution in [2.45, 2.75) is 19.9 Å². The number of benzene rings is 1. The molecule has 0 atom stereocenters. The molecule has 6 heteroatoms. The molecule has 6 nitrogen and oxygen atoms in total. The summed E-state index contributed by atoms with van der Waals surface area (Å²) in [7, 11) is 4.04. The quantitative estimate of drug-likeness (QED) is 0.869.